The Hall–Kier alpha value is -2.01. The van der Waals surface area contributed by atoms with Gasteiger partial charge in [-0.15, -0.1) is 0 Å². The summed E-state index contributed by atoms with van der Waals surface area (Å²) >= 11 is 0. The van der Waals surface area contributed by atoms with Crippen LogP contribution in [0.2, 0.25) is 0 Å². The van der Waals surface area contributed by atoms with Crippen molar-refractivity contribution in [3.8, 4) is 5.75 Å². The third-order valence-corrected chi connectivity index (χ3v) is 5.63. The number of carbonyl (C=O) groups excluding carboxylic acids is 1. The van der Waals surface area contributed by atoms with Crippen LogP contribution in [0.3, 0.4) is 0 Å². The molecule has 1 unspecified atom stereocenters. The van der Waals surface area contributed by atoms with E-state index >= 15 is 0 Å². The lowest BCUT2D eigenvalue weighted by Gasteiger charge is -2.35. The van der Waals surface area contributed by atoms with E-state index in [2.05, 4.69) is 33.0 Å². The molecule has 1 amide bonds. The van der Waals surface area contributed by atoms with E-state index in [1.165, 1.54) is 0 Å². The van der Waals surface area contributed by atoms with Crippen LogP contribution in [0, 0.1) is 0 Å². The molecule has 2 fully saturated rings. The van der Waals surface area contributed by atoms with Crippen LogP contribution >= 0.6 is 0 Å². The normalized spacial score (nSPS) is 22.6. The molecule has 0 saturated carbocycles. The zero-order chi connectivity index (χ0) is 17.2. The lowest BCUT2D eigenvalue weighted by Crippen LogP contribution is -2.46. The standard InChI is InChI=1S/C20H27N3O2/c1-15(24)23-11-3-4-16(23)14-22-12-8-17(9-13-22)25-20-6-2-5-19-18(20)7-10-21-19/h2,5-7,10,16-17,21H,3-4,8-9,11-14H2,1H3. The van der Waals surface area contributed by atoms with E-state index in [0.717, 1.165) is 68.5 Å². The first kappa shape index (κ1) is 16.5. The predicted octanol–water partition coefficient (Wildman–Crippen LogP) is 3.02. The molecule has 4 rings (SSSR count). The van der Waals surface area contributed by atoms with Crippen molar-refractivity contribution < 1.29 is 9.53 Å². The molecule has 2 saturated heterocycles. The van der Waals surface area contributed by atoms with E-state index in [-0.39, 0.29) is 12.0 Å². The van der Waals surface area contributed by atoms with Gasteiger partial charge in [0.25, 0.3) is 0 Å². The van der Waals surface area contributed by atoms with Crippen molar-refractivity contribution in [2.24, 2.45) is 0 Å². The zero-order valence-corrected chi connectivity index (χ0v) is 14.9. The molecule has 1 N–H and O–H groups in total. The van der Waals surface area contributed by atoms with E-state index in [9.17, 15) is 4.79 Å². The number of benzene rings is 1. The van der Waals surface area contributed by atoms with Gasteiger partial charge in [-0.25, -0.2) is 0 Å². The summed E-state index contributed by atoms with van der Waals surface area (Å²) in [4.78, 5) is 19.5. The number of hydrogen-bond acceptors (Lipinski definition) is 3. The Kier molecular flexibility index (Phi) is 4.66. The minimum Gasteiger partial charge on any atom is -0.490 e. The van der Waals surface area contributed by atoms with E-state index in [4.69, 9.17) is 4.74 Å². The Bertz CT molecular complexity index is 733. The predicted molar refractivity (Wildman–Crippen MR) is 98.8 cm³/mol. The summed E-state index contributed by atoms with van der Waals surface area (Å²) in [5.74, 6) is 1.20. The number of fused-ring (bicyclic) bond motifs is 1. The quantitative estimate of drug-likeness (QED) is 0.930. The molecule has 1 atom stereocenters. The van der Waals surface area contributed by atoms with Gasteiger partial charge in [0.05, 0.1) is 0 Å². The lowest BCUT2D eigenvalue weighted by atomic mass is 10.1. The fraction of sp³-hybridized carbons (Fsp3) is 0.550. The van der Waals surface area contributed by atoms with Crippen LogP contribution in [-0.4, -0.2) is 59.0 Å². The van der Waals surface area contributed by atoms with Gasteiger partial charge in [-0.2, -0.15) is 0 Å². The Morgan fingerprint density at radius 2 is 2.04 bits per heavy atom. The molecular formula is C20H27N3O2. The summed E-state index contributed by atoms with van der Waals surface area (Å²) in [7, 11) is 0. The Morgan fingerprint density at radius 1 is 1.20 bits per heavy atom. The minimum absolute atomic E-state index is 0.223. The largest absolute Gasteiger partial charge is 0.490 e. The zero-order valence-electron chi connectivity index (χ0n) is 14.9. The Morgan fingerprint density at radius 3 is 2.84 bits per heavy atom. The lowest BCUT2D eigenvalue weighted by molar-refractivity contribution is -0.130. The number of amides is 1. The number of piperidine rings is 1. The van der Waals surface area contributed by atoms with Gasteiger partial charge in [0.2, 0.25) is 5.91 Å². The molecule has 5 heteroatoms. The highest BCUT2D eigenvalue weighted by atomic mass is 16.5. The highest BCUT2D eigenvalue weighted by Gasteiger charge is 2.30. The molecular weight excluding hydrogens is 314 g/mol. The molecule has 2 aliphatic heterocycles. The minimum atomic E-state index is 0.223. The first-order chi connectivity index (χ1) is 12.2. The number of hydrogen-bond donors (Lipinski definition) is 1. The second-order valence-corrected chi connectivity index (χ2v) is 7.32. The molecule has 134 valence electrons. The molecule has 2 aliphatic rings. The Balaban J connectivity index is 1.31. The van der Waals surface area contributed by atoms with Crippen LogP contribution in [0.5, 0.6) is 5.75 Å². The van der Waals surface area contributed by atoms with Crippen LogP contribution in [0.25, 0.3) is 10.9 Å². The maximum Gasteiger partial charge on any atom is 0.219 e. The number of ether oxygens (including phenoxy) is 1. The van der Waals surface area contributed by atoms with Gasteiger partial charge < -0.3 is 19.5 Å². The van der Waals surface area contributed by atoms with Gasteiger partial charge in [-0.05, 0) is 43.9 Å². The summed E-state index contributed by atoms with van der Waals surface area (Å²) in [6, 6.07) is 8.66. The van der Waals surface area contributed by atoms with Crippen molar-refractivity contribution in [2.75, 3.05) is 26.2 Å². The third kappa shape index (κ3) is 3.52. The topological polar surface area (TPSA) is 48.6 Å². The summed E-state index contributed by atoms with van der Waals surface area (Å²) in [5.41, 5.74) is 1.13. The highest BCUT2D eigenvalue weighted by molar-refractivity contribution is 5.85. The number of rotatable bonds is 4. The van der Waals surface area contributed by atoms with Crippen LogP contribution in [-0.2, 0) is 4.79 Å². The molecule has 0 spiro atoms. The summed E-state index contributed by atoms with van der Waals surface area (Å²) < 4.78 is 6.29. The van der Waals surface area contributed by atoms with E-state index in [1.807, 2.05) is 12.3 Å². The van der Waals surface area contributed by atoms with Crippen LogP contribution in [0.4, 0.5) is 0 Å². The van der Waals surface area contributed by atoms with E-state index in [1.54, 1.807) is 6.92 Å². The third-order valence-electron chi connectivity index (χ3n) is 5.63. The highest BCUT2D eigenvalue weighted by Crippen LogP contribution is 2.28. The molecule has 3 heterocycles. The molecule has 1 aromatic heterocycles. The molecule has 1 aromatic carbocycles. The number of nitrogens with zero attached hydrogens (tertiary/aromatic N) is 2. The van der Waals surface area contributed by atoms with Crippen molar-refractivity contribution in [3.63, 3.8) is 0 Å². The van der Waals surface area contributed by atoms with Gasteiger partial charge in [-0.1, -0.05) is 6.07 Å². The maximum absolute atomic E-state index is 11.7. The number of aromatic amines is 1. The summed E-state index contributed by atoms with van der Waals surface area (Å²) in [6.07, 6.45) is 6.63. The number of likely N-dealkylation sites (tertiary alicyclic amines) is 2. The monoisotopic (exact) mass is 341 g/mol. The SMILES string of the molecule is CC(=O)N1CCCC1CN1CCC(Oc2cccc3[nH]ccc23)CC1. The Labute approximate surface area is 148 Å². The van der Waals surface area contributed by atoms with Crippen molar-refractivity contribution in [2.45, 2.75) is 44.8 Å². The summed E-state index contributed by atoms with van der Waals surface area (Å²) in [5, 5.41) is 1.16. The number of aromatic nitrogens is 1. The first-order valence-corrected chi connectivity index (χ1v) is 9.43. The van der Waals surface area contributed by atoms with Gasteiger partial charge in [0.1, 0.15) is 11.9 Å². The summed E-state index contributed by atoms with van der Waals surface area (Å²) in [6.45, 7) is 5.74. The number of nitrogens with one attached hydrogen (secondary N) is 1. The van der Waals surface area contributed by atoms with Crippen molar-refractivity contribution in [1.82, 2.24) is 14.8 Å². The smallest absolute Gasteiger partial charge is 0.219 e. The van der Waals surface area contributed by atoms with Crippen molar-refractivity contribution in [1.29, 1.82) is 0 Å². The molecule has 0 bridgehead atoms. The van der Waals surface area contributed by atoms with E-state index < -0.39 is 0 Å². The number of H-pyrrole nitrogens is 1. The average molecular weight is 341 g/mol. The van der Waals surface area contributed by atoms with Crippen molar-refractivity contribution >= 4 is 16.8 Å². The van der Waals surface area contributed by atoms with Crippen LogP contribution in [0.15, 0.2) is 30.5 Å². The van der Waals surface area contributed by atoms with Gasteiger partial charge >= 0.3 is 0 Å². The number of carbonyl (C=O) groups is 1. The first-order valence-electron chi connectivity index (χ1n) is 9.43. The second-order valence-electron chi connectivity index (χ2n) is 7.32. The fourth-order valence-electron chi connectivity index (χ4n) is 4.29. The van der Waals surface area contributed by atoms with Crippen LogP contribution in [0.1, 0.15) is 32.6 Å². The van der Waals surface area contributed by atoms with Crippen LogP contribution < -0.4 is 4.74 Å². The molecule has 0 aliphatic carbocycles. The molecule has 25 heavy (non-hydrogen) atoms. The van der Waals surface area contributed by atoms with Gasteiger partial charge in [0, 0.05) is 56.2 Å². The fourth-order valence-corrected chi connectivity index (χ4v) is 4.29. The average Bonchev–Trinajstić information content (AvgIpc) is 3.26. The van der Waals surface area contributed by atoms with E-state index in [0.29, 0.717) is 6.04 Å². The molecule has 2 aromatic rings. The molecule has 5 nitrogen and oxygen atoms in total. The second kappa shape index (κ2) is 7.08. The maximum atomic E-state index is 11.7. The molecule has 0 radical (unpaired) electrons. The van der Waals surface area contributed by atoms with Gasteiger partial charge in [-0.3, -0.25) is 4.79 Å². The van der Waals surface area contributed by atoms with Crippen molar-refractivity contribution in [3.05, 3.63) is 30.5 Å². The van der Waals surface area contributed by atoms with Gasteiger partial charge in [0.15, 0.2) is 0 Å².